The monoisotopic (exact) mass is 301 g/mol. The minimum Gasteiger partial charge on any atom is -0.508 e. The largest absolute Gasteiger partial charge is 0.508 e. The zero-order valence-electron chi connectivity index (χ0n) is 13.7. The summed E-state index contributed by atoms with van der Waals surface area (Å²) in [6, 6.07) is 6.60. The van der Waals surface area contributed by atoms with Gasteiger partial charge in [-0.25, -0.2) is 0 Å². The van der Waals surface area contributed by atoms with Crippen molar-refractivity contribution in [2.75, 3.05) is 13.1 Å². The number of fused-ring (bicyclic) bond motifs is 4. The molecule has 122 valence electrons. The molecule has 3 atom stereocenters. The molecular weight excluding hydrogens is 270 g/mol. The van der Waals surface area contributed by atoms with E-state index in [0.29, 0.717) is 17.7 Å². The predicted molar refractivity (Wildman–Crippen MR) is 94.5 cm³/mol. The van der Waals surface area contributed by atoms with Crippen molar-refractivity contribution in [3.63, 3.8) is 0 Å². The van der Waals surface area contributed by atoms with Gasteiger partial charge in [0.15, 0.2) is 0 Å². The van der Waals surface area contributed by atoms with Crippen LogP contribution in [0.15, 0.2) is 29.8 Å². The maximum Gasteiger partial charge on any atom is 0.115 e. The molecule has 1 aromatic carbocycles. The molecule has 0 spiro atoms. The Labute approximate surface area is 135 Å². The summed E-state index contributed by atoms with van der Waals surface area (Å²) in [5.74, 6) is 1.04. The Kier molecular flexibility index (Phi) is 4.72. The summed E-state index contributed by atoms with van der Waals surface area (Å²) >= 11 is 0. The second-order valence-corrected chi connectivity index (χ2v) is 7.35. The smallest absolute Gasteiger partial charge is 0.115 e. The number of likely N-dealkylation sites (tertiary alicyclic amines) is 1. The van der Waals surface area contributed by atoms with Crippen LogP contribution in [-0.2, 0) is 11.8 Å². The molecular formula is C20H31NO. The number of phenolic OH excluding ortho intramolecular Hbond substituents is 1. The van der Waals surface area contributed by atoms with Crippen molar-refractivity contribution >= 4 is 0 Å². The van der Waals surface area contributed by atoms with Crippen LogP contribution in [0.1, 0.15) is 52.7 Å². The maximum absolute atomic E-state index is 9.87. The normalized spacial score (nSPS) is 30.2. The van der Waals surface area contributed by atoms with Gasteiger partial charge in [-0.2, -0.15) is 0 Å². The molecule has 3 unspecified atom stereocenters. The standard InChI is InChI=1S/C19H27NO.CH4/c1-13(2)7-9-20-10-8-19(4)14(3)18(20)11-15-5-6-16(21)12-17(15)19;/h5-7,12,14,18,21H,8-11H2,1-4H3;1H4. The lowest BCUT2D eigenvalue weighted by Gasteiger charge is -2.54. The molecule has 0 saturated carbocycles. The Morgan fingerprint density at radius 2 is 2.14 bits per heavy atom. The van der Waals surface area contributed by atoms with Gasteiger partial charge in [0.1, 0.15) is 5.75 Å². The summed E-state index contributed by atoms with van der Waals surface area (Å²) in [6.45, 7) is 11.4. The van der Waals surface area contributed by atoms with Gasteiger partial charge in [-0.05, 0) is 67.8 Å². The first kappa shape index (κ1) is 17.1. The van der Waals surface area contributed by atoms with Gasteiger partial charge in [-0.3, -0.25) is 4.90 Å². The average molecular weight is 301 g/mol. The molecule has 1 fully saturated rings. The molecule has 0 radical (unpaired) electrons. The van der Waals surface area contributed by atoms with Crippen LogP contribution in [0.3, 0.4) is 0 Å². The number of aromatic hydroxyl groups is 1. The summed E-state index contributed by atoms with van der Waals surface area (Å²) in [5, 5.41) is 9.87. The Morgan fingerprint density at radius 3 is 2.82 bits per heavy atom. The van der Waals surface area contributed by atoms with E-state index in [9.17, 15) is 5.11 Å². The zero-order valence-corrected chi connectivity index (χ0v) is 13.7. The molecule has 1 aliphatic heterocycles. The van der Waals surface area contributed by atoms with Gasteiger partial charge in [-0.15, -0.1) is 0 Å². The van der Waals surface area contributed by atoms with Gasteiger partial charge in [0.2, 0.25) is 0 Å². The topological polar surface area (TPSA) is 23.5 Å². The van der Waals surface area contributed by atoms with Crippen molar-refractivity contribution in [2.24, 2.45) is 5.92 Å². The van der Waals surface area contributed by atoms with E-state index < -0.39 is 0 Å². The minimum atomic E-state index is 0. The summed E-state index contributed by atoms with van der Waals surface area (Å²) in [7, 11) is 0. The van der Waals surface area contributed by atoms with Crippen LogP contribution < -0.4 is 0 Å². The van der Waals surface area contributed by atoms with E-state index in [1.54, 1.807) is 0 Å². The molecule has 1 aliphatic carbocycles. The number of rotatable bonds is 2. The lowest BCUT2D eigenvalue weighted by Crippen LogP contribution is -2.57. The lowest BCUT2D eigenvalue weighted by molar-refractivity contribution is 0.0397. The van der Waals surface area contributed by atoms with E-state index in [1.165, 1.54) is 23.1 Å². The number of phenols is 1. The van der Waals surface area contributed by atoms with Gasteiger partial charge >= 0.3 is 0 Å². The van der Waals surface area contributed by atoms with Crippen LogP contribution in [0.2, 0.25) is 0 Å². The zero-order chi connectivity index (χ0) is 15.2. The summed E-state index contributed by atoms with van der Waals surface area (Å²) in [4.78, 5) is 2.65. The molecule has 1 saturated heterocycles. The molecule has 1 N–H and O–H groups in total. The molecule has 0 aromatic heterocycles. The summed E-state index contributed by atoms with van der Waals surface area (Å²) in [5.41, 5.74) is 4.42. The van der Waals surface area contributed by atoms with Gasteiger partial charge < -0.3 is 5.11 Å². The van der Waals surface area contributed by atoms with Gasteiger partial charge in [0.25, 0.3) is 0 Å². The van der Waals surface area contributed by atoms with E-state index in [0.717, 1.165) is 19.5 Å². The average Bonchev–Trinajstić information content (AvgIpc) is 2.43. The highest BCUT2D eigenvalue weighted by Crippen LogP contribution is 2.49. The number of nitrogens with zero attached hydrogens (tertiary/aromatic N) is 1. The van der Waals surface area contributed by atoms with Crippen molar-refractivity contribution in [2.45, 2.75) is 59.4 Å². The minimum absolute atomic E-state index is 0. The van der Waals surface area contributed by atoms with Crippen molar-refractivity contribution in [3.8, 4) is 5.75 Å². The molecule has 2 aliphatic rings. The highest BCUT2D eigenvalue weighted by Gasteiger charge is 2.48. The van der Waals surface area contributed by atoms with E-state index in [1.807, 2.05) is 12.1 Å². The van der Waals surface area contributed by atoms with E-state index in [2.05, 4.69) is 44.7 Å². The first-order chi connectivity index (χ1) is 9.91. The number of hydrogen-bond acceptors (Lipinski definition) is 2. The van der Waals surface area contributed by atoms with Gasteiger partial charge in [0, 0.05) is 12.6 Å². The number of allylic oxidation sites excluding steroid dienone is 1. The van der Waals surface area contributed by atoms with E-state index >= 15 is 0 Å². The van der Waals surface area contributed by atoms with E-state index in [4.69, 9.17) is 0 Å². The molecule has 2 nitrogen and oxygen atoms in total. The van der Waals surface area contributed by atoms with Crippen molar-refractivity contribution < 1.29 is 5.11 Å². The highest BCUT2D eigenvalue weighted by atomic mass is 16.3. The second kappa shape index (κ2) is 6.08. The Bertz CT molecular complexity index is 573. The molecule has 2 bridgehead atoms. The third-order valence-corrected chi connectivity index (χ3v) is 5.84. The lowest BCUT2D eigenvalue weighted by atomic mass is 9.59. The summed E-state index contributed by atoms with van der Waals surface area (Å²) in [6.07, 6.45) is 4.64. The van der Waals surface area contributed by atoms with Crippen LogP contribution in [0.5, 0.6) is 5.75 Å². The molecule has 0 amide bonds. The molecule has 22 heavy (non-hydrogen) atoms. The third kappa shape index (κ3) is 2.69. The van der Waals surface area contributed by atoms with Crippen molar-refractivity contribution in [1.82, 2.24) is 4.90 Å². The van der Waals surface area contributed by atoms with E-state index in [-0.39, 0.29) is 12.8 Å². The van der Waals surface area contributed by atoms with Gasteiger partial charge in [-0.1, -0.05) is 39.0 Å². The van der Waals surface area contributed by atoms with Crippen LogP contribution in [0, 0.1) is 5.92 Å². The van der Waals surface area contributed by atoms with Crippen LogP contribution in [0.4, 0.5) is 0 Å². The highest BCUT2D eigenvalue weighted by molar-refractivity contribution is 5.44. The molecule has 1 aromatic rings. The third-order valence-electron chi connectivity index (χ3n) is 5.84. The van der Waals surface area contributed by atoms with Crippen LogP contribution in [-0.4, -0.2) is 29.1 Å². The first-order valence-electron chi connectivity index (χ1n) is 8.11. The number of piperidine rings is 1. The molecule has 1 heterocycles. The van der Waals surface area contributed by atoms with Crippen LogP contribution in [0.25, 0.3) is 0 Å². The quantitative estimate of drug-likeness (QED) is 0.812. The first-order valence-corrected chi connectivity index (χ1v) is 8.11. The molecule has 2 heteroatoms. The fraction of sp³-hybridized carbons (Fsp3) is 0.600. The number of hydrogen-bond donors (Lipinski definition) is 1. The van der Waals surface area contributed by atoms with Gasteiger partial charge in [0.05, 0.1) is 0 Å². The predicted octanol–water partition coefficient (Wildman–Crippen LogP) is 4.52. The Hall–Kier alpha value is -1.28. The SMILES string of the molecule is C.CC(C)=CCN1CCC2(C)c3cc(O)ccc3CC1C2C. The number of benzene rings is 1. The fourth-order valence-corrected chi connectivity index (χ4v) is 4.22. The summed E-state index contributed by atoms with van der Waals surface area (Å²) < 4.78 is 0. The van der Waals surface area contributed by atoms with Crippen molar-refractivity contribution in [1.29, 1.82) is 0 Å². The Balaban J connectivity index is 0.00000176. The van der Waals surface area contributed by atoms with Crippen molar-refractivity contribution in [3.05, 3.63) is 41.0 Å². The molecule has 3 rings (SSSR count). The van der Waals surface area contributed by atoms with Crippen LogP contribution >= 0.6 is 0 Å². The maximum atomic E-state index is 9.87. The fourth-order valence-electron chi connectivity index (χ4n) is 4.22. The Morgan fingerprint density at radius 1 is 1.41 bits per heavy atom. The second-order valence-electron chi connectivity index (χ2n) is 7.35.